The van der Waals surface area contributed by atoms with E-state index in [-0.39, 0.29) is 23.8 Å². The minimum Gasteiger partial charge on any atom is -0.340 e. The van der Waals surface area contributed by atoms with Crippen molar-refractivity contribution in [3.8, 4) is 0 Å². The summed E-state index contributed by atoms with van der Waals surface area (Å²) in [5, 5.41) is 0. The second kappa shape index (κ2) is 6.71. The standard InChI is InChI=1S/C18H25N3O2/c1-19-10-12-21(13-11-19)18(23)15-8-9-16(22)20(2)17(15)14-6-4-3-5-7-14/h3-7,15,17H,8-13H2,1-2H3/t15-,17+/m0/s1. The number of carbonyl (C=O) groups is 2. The van der Waals surface area contributed by atoms with Crippen LogP contribution in [0.25, 0.3) is 0 Å². The number of piperazine rings is 1. The van der Waals surface area contributed by atoms with Crippen LogP contribution in [0.1, 0.15) is 24.4 Å². The number of likely N-dealkylation sites (N-methyl/N-ethyl adjacent to an activating group) is 1. The highest BCUT2D eigenvalue weighted by Crippen LogP contribution is 2.36. The Morgan fingerprint density at radius 1 is 1.04 bits per heavy atom. The Balaban J connectivity index is 1.83. The third-order valence-electron chi connectivity index (χ3n) is 5.13. The molecule has 1 aromatic carbocycles. The molecule has 2 heterocycles. The zero-order chi connectivity index (χ0) is 16.4. The van der Waals surface area contributed by atoms with Gasteiger partial charge in [-0.3, -0.25) is 9.59 Å². The molecule has 0 saturated carbocycles. The van der Waals surface area contributed by atoms with Gasteiger partial charge in [-0.25, -0.2) is 0 Å². The van der Waals surface area contributed by atoms with E-state index >= 15 is 0 Å². The third-order valence-corrected chi connectivity index (χ3v) is 5.13. The van der Waals surface area contributed by atoms with Crippen molar-refractivity contribution in [3.63, 3.8) is 0 Å². The molecule has 0 aromatic heterocycles. The van der Waals surface area contributed by atoms with Gasteiger partial charge in [-0.05, 0) is 19.0 Å². The third kappa shape index (κ3) is 3.24. The Hall–Kier alpha value is -1.88. The molecular formula is C18H25N3O2. The van der Waals surface area contributed by atoms with Crippen LogP contribution in [0.4, 0.5) is 0 Å². The minimum absolute atomic E-state index is 0.126. The predicted molar refractivity (Wildman–Crippen MR) is 88.8 cm³/mol. The van der Waals surface area contributed by atoms with Crippen molar-refractivity contribution in [2.75, 3.05) is 40.3 Å². The van der Waals surface area contributed by atoms with Crippen molar-refractivity contribution in [1.82, 2.24) is 14.7 Å². The van der Waals surface area contributed by atoms with Crippen LogP contribution in [-0.4, -0.2) is 66.8 Å². The average molecular weight is 315 g/mol. The van der Waals surface area contributed by atoms with Crippen LogP contribution in [0.15, 0.2) is 30.3 Å². The lowest BCUT2D eigenvalue weighted by Crippen LogP contribution is -2.52. The summed E-state index contributed by atoms with van der Waals surface area (Å²) in [6, 6.07) is 9.79. The van der Waals surface area contributed by atoms with Gasteiger partial charge in [-0.2, -0.15) is 0 Å². The van der Waals surface area contributed by atoms with Gasteiger partial charge in [0.2, 0.25) is 11.8 Å². The molecule has 2 amide bonds. The average Bonchev–Trinajstić information content (AvgIpc) is 2.58. The fourth-order valence-electron chi connectivity index (χ4n) is 3.66. The molecule has 5 heteroatoms. The lowest BCUT2D eigenvalue weighted by molar-refractivity contribution is -0.147. The molecule has 0 aliphatic carbocycles. The highest BCUT2D eigenvalue weighted by molar-refractivity contribution is 5.85. The normalized spacial score (nSPS) is 26.4. The maximum Gasteiger partial charge on any atom is 0.228 e. The molecule has 23 heavy (non-hydrogen) atoms. The molecule has 0 radical (unpaired) electrons. The number of amides is 2. The van der Waals surface area contributed by atoms with Crippen LogP contribution in [0.3, 0.4) is 0 Å². The van der Waals surface area contributed by atoms with E-state index in [0.29, 0.717) is 12.8 Å². The first kappa shape index (κ1) is 16.0. The van der Waals surface area contributed by atoms with Crippen LogP contribution in [0, 0.1) is 5.92 Å². The Labute approximate surface area is 137 Å². The second-order valence-electron chi connectivity index (χ2n) is 6.63. The van der Waals surface area contributed by atoms with Crippen LogP contribution in [0.2, 0.25) is 0 Å². The molecule has 2 aliphatic heterocycles. The van der Waals surface area contributed by atoms with Crippen molar-refractivity contribution in [1.29, 1.82) is 0 Å². The van der Waals surface area contributed by atoms with Crippen LogP contribution in [-0.2, 0) is 9.59 Å². The largest absolute Gasteiger partial charge is 0.340 e. The number of benzene rings is 1. The number of rotatable bonds is 2. The van der Waals surface area contributed by atoms with Crippen molar-refractivity contribution >= 4 is 11.8 Å². The molecular weight excluding hydrogens is 290 g/mol. The first-order valence-corrected chi connectivity index (χ1v) is 8.36. The van der Waals surface area contributed by atoms with Crippen LogP contribution in [0.5, 0.6) is 0 Å². The van der Waals surface area contributed by atoms with E-state index < -0.39 is 0 Å². The summed E-state index contributed by atoms with van der Waals surface area (Å²) >= 11 is 0. The molecule has 5 nitrogen and oxygen atoms in total. The molecule has 0 unspecified atom stereocenters. The van der Waals surface area contributed by atoms with Gasteiger partial charge < -0.3 is 14.7 Å². The summed E-state index contributed by atoms with van der Waals surface area (Å²) in [6.07, 6.45) is 1.11. The minimum atomic E-state index is -0.149. The number of nitrogens with zero attached hydrogens (tertiary/aromatic N) is 3. The van der Waals surface area contributed by atoms with Crippen molar-refractivity contribution < 1.29 is 9.59 Å². The molecule has 2 aliphatic rings. The van der Waals surface area contributed by atoms with E-state index in [4.69, 9.17) is 0 Å². The zero-order valence-electron chi connectivity index (χ0n) is 13.9. The van der Waals surface area contributed by atoms with Gasteiger partial charge in [0, 0.05) is 39.6 Å². The highest BCUT2D eigenvalue weighted by Gasteiger charge is 2.40. The molecule has 1 aromatic rings. The highest BCUT2D eigenvalue weighted by atomic mass is 16.2. The lowest BCUT2D eigenvalue weighted by atomic mass is 9.83. The number of carbonyl (C=O) groups excluding carboxylic acids is 2. The topological polar surface area (TPSA) is 43.9 Å². The molecule has 0 N–H and O–H groups in total. The monoisotopic (exact) mass is 315 g/mol. The van der Waals surface area contributed by atoms with Crippen molar-refractivity contribution in [3.05, 3.63) is 35.9 Å². The summed E-state index contributed by atoms with van der Waals surface area (Å²) in [7, 11) is 3.91. The Bertz CT molecular complexity index is 567. The molecule has 2 atom stereocenters. The van der Waals surface area contributed by atoms with Crippen LogP contribution >= 0.6 is 0 Å². The fraction of sp³-hybridized carbons (Fsp3) is 0.556. The molecule has 2 fully saturated rings. The fourth-order valence-corrected chi connectivity index (χ4v) is 3.66. The smallest absolute Gasteiger partial charge is 0.228 e. The SMILES string of the molecule is CN1CCN(C(=O)[C@H]2CCC(=O)N(C)[C@@H]2c2ccccc2)CC1. The van der Waals surface area contributed by atoms with E-state index in [1.807, 2.05) is 42.3 Å². The summed E-state index contributed by atoms with van der Waals surface area (Å²) < 4.78 is 0. The summed E-state index contributed by atoms with van der Waals surface area (Å²) in [4.78, 5) is 31.2. The molecule has 3 rings (SSSR count). The first-order valence-electron chi connectivity index (χ1n) is 8.36. The Morgan fingerprint density at radius 2 is 1.70 bits per heavy atom. The summed E-state index contributed by atoms with van der Waals surface area (Å²) in [6.45, 7) is 3.41. The van der Waals surface area contributed by atoms with Gasteiger partial charge >= 0.3 is 0 Å². The summed E-state index contributed by atoms with van der Waals surface area (Å²) in [5.41, 5.74) is 1.05. The first-order chi connectivity index (χ1) is 11.1. The van der Waals surface area contributed by atoms with Gasteiger partial charge in [-0.1, -0.05) is 30.3 Å². The number of hydrogen-bond donors (Lipinski definition) is 0. The number of hydrogen-bond acceptors (Lipinski definition) is 3. The molecule has 124 valence electrons. The van der Waals surface area contributed by atoms with Crippen molar-refractivity contribution in [2.45, 2.75) is 18.9 Å². The Kier molecular flexibility index (Phi) is 4.66. The van der Waals surface area contributed by atoms with E-state index in [9.17, 15) is 9.59 Å². The maximum atomic E-state index is 13.1. The van der Waals surface area contributed by atoms with Gasteiger partial charge in [-0.15, -0.1) is 0 Å². The molecule has 0 spiro atoms. The molecule has 0 bridgehead atoms. The molecule has 2 saturated heterocycles. The number of piperidine rings is 1. The van der Waals surface area contributed by atoms with E-state index in [1.54, 1.807) is 4.90 Å². The number of likely N-dealkylation sites (tertiary alicyclic amines) is 1. The lowest BCUT2D eigenvalue weighted by Gasteiger charge is -2.42. The van der Waals surface area contributed by atoms with Crippen molar-refractivity contribution in [2.24, 2.45) is 5.92 Å². The van der Waals surface area contributed by atoms with Crippen LogP contribution < -0.4 is 0 Å². The van der Waals surface area contributed by atoms with E-state index in [1.165, 1.54) is 0 Å². The quantitative estimate of drug-likeness (QED) is 0.828. The van der Waals surface area contributed by atoms with Gasteiger partial charge in [0.15, 0.2) is 0 Å². The predicted octanol–water partition coefficient (Wildman–Crippen LogP) is 1.37. The Morgan fingerprint density at radius 3 is 2.35 bits per heavy atom. The second-order valence-corrected chi connectivity index (χ2v) is 6.63. The summed E-state index contributed by atoms with van der Waals surface area (Å²) in [5.74, 6) is 0.191. The van der Waals surface area contributed by atoms with Gasteiger partial charge in [0.1, 0.15) is 0 Å². The van der Waals surface area contributed by atoms with E-state index in [0.717, 1.165) is 31.7 Å². The maximum absolute atomic E-state index is 13.1. The zero-order valence-corrected chi connectivity index (χ0v) is 13.9. The van der Waals surface area contributed by atoms with Gasteiger partial charge in [0.25, 0.3) is 0 Å². The van der Waals surface area contributed by atoms with E-state index in [2.05, 4.69) is 11.9 Å². The van der Waals surface area contributed by atoms with Gasteiger partial charge in [0.05, 0.1) is 12.0 Å².